The van der Waals surface area contributed by atoms with E-state index >= 15 is 0 Å². The Labute approximate surface area is 267 Å². The summed E-state index contributed by atoms with van der Waals surface area (Å²) in [6.45, 7) is 13.1. The van der Waals surface area contributed by atoms with Gasteiger partial charge in [0.1, 0.15) is 11.2 Å². The maximum atomic E-state index is 6.99. The summed E-state index contributed by atoms with van der Waals surface area (Å²) in [5.41, 5.74) is 21.2. The number of rotatable bonds is 2. The van der Waals surface area contributed by atoms with Crippen molar-refractivity contribution in [3.63, 3.8) is 0 Å². The molecule has 0 saturated carbocycles. The molecule has 0 spiro atoms. The van der Waals surface area contributed by atoms with E-state index in [9.17, 15) is 0 Å². The molecule has 46 heavy (non-hydrogen) atoms. The van der Waals surface area contributed by atoms with Crippen molar-refractivity contribution in [3.8, 4) is 22.3 Å². The van der Waals surface area contributed by atoms with E-state index < -0.39 is 0 Å². The number of nitrogens with one attached hydrogen (secondary N) is 3. The third-order valence-corrected chi connectivity index (χ3v) is 9.10. The van der Waals surface area contributed by atoms with Gasteiger partial charge in [-0.25, -0.2) is 4.98 Å². The van der Waals surface area contributed by atoms with Crippen LogP contribution in [0.4, 0.5) is 0 Å². The summed E-state index contributed by atoms with van der Waals surface area (Å²) in [6, 6.07) is 28.1. The number of aryl methyl sites for hydroxylation is 6. The average Bonchev–Trinajstić information content (AvgIpc) is 3.83. The van der Waals surface area contributed by atoms with Gasteiger partial charge < -0.3 is 19.4 Å². The zero-order valence-corrected chi connectivity index (χ0v) is 27.0. The monoisotopic (exact) mass is 600 g/mol. The molecule has 6 heterocycles. The van der Waals surface area contributed by atoms with Gasteiger partial charge in [0.05, 0.1) is 39.0 Å². The van der Waals surface area contributed by atoms with E-state index in [-0.39, 0.29) is 0 Å². The van der Waals surface area contributed by atoms with Gasteiger partial charge in [0.25, 0.3) is 0 Å². The predicted molar refractivity (Wildman–Crippen MR) is 193 cm³/mol. The third-order valence-electron chi connectivity index (χ3n) is 9.10. The lowest BCUT2D eigenvalue weighted by Crippen LogP contribution is -1.91. The maximum Gasteiger partial charge on any atom is 0.137 e. The molecule has 0 aliphatic carbocycles. The lowest BCUT2D eigenvalue weighted by atomic mass is 9.93. The third kappa shape index (κ3) is 4.67. The molecule has 1 aliphatic rings. The van der Waals surface area contributed by atoms with Crippen molar-refractivity contribution in [1.29, 1.82) is 0 Å². The van der Waals surface area contributed by atoms with Gasteiger partial charge in [-0.15, -0.1) is 0 Å². The van der Waals surface area contributed by atoms with Gasteiger partial charge in [-0.05, 0) is 142 Å². The summed E-state index contributed by atoms with van der Waals surface area (Å²) in [5, 5.41) is 0. The molecule has 3 N–H and O–H groups in total. The number of hydrogen-bond donors (Lipinski definition) is 3. The number of benzene rings is 2. The van der Waals surface area contributed by atoms with E-state index in [4.69, 9.17) is 9.40 Å². The van der Waals surface area contributed by atoms with E-state index in [1.54, 1.807) is 0 Å². The molecular weight excluding hydrogens is 564 g/mol. The lowest BCUT2D eigenvalue weighted by molar-refractivity contribution is 0.668. The number of aromatic amines is 3. The van der Waals surface area contributed by atoms with Gasteiger partial charge in [-0.3, -0.25) is 0 Å². The number of furan rings is 1. The number of hydrogen-bond acceptors (Lipinski definition) is 2. The number of fused-ring (bicyclic) bond motifs is 12. The first-order chi connectivity index (χ1) is 22.2. The molecule has 0 amide bonds. The molecule has 0 atom stereocenters. The fourth-order valence-electron chi connectivity index (χ4n) is 7.35. The van der Waals surface area contributed by atoms with Crippen LogP contribution in [0, 0.1) is 41.5 Å². The van der Waals surface area contributed by atoms with Crippen molar-refractivity contribution < 1.29 is 4.42 Å². The van der Waals surface area contributed by atoms with E-state index in [1.807, 2.05) is 0 Å². The van der Waals surface area contributed by atoms with Crippen LogP contribution >= 0.6 is 0 Å². The fraction of sp³-hybridized carbons (Fsp3) is 0.146. The summed E-state index contributed by atoms with van der Waals surface area (Å²) in [4.78, 5) is 15.9. The largest absolute Gasteiger partial charge is 0.456 e. The van der Waals surface area contributed by atoms with Crippen molar-refractivity contribution in [2.45, 2.75) is 41.5 Å². The SMILES string of the molecule is Cc1cc(C)c(-c2c3ccc([nH]3)c3nc(cc4ccc([nH]4)c4ccc([nH]4)c(-c4c(C)cc(C)cc4C)c4ccc2o4)C=C3)c(C)c1. The highest BCUT2D eigenvalue weighted by atomic mass is 16.3. The second-order valence-electron chi connectivity index (χ2n) is 12.8. The van der Waals surface area contributed by atoms with Gasteiger partial charge in [-0.2, -0.15) is 0 Å². The quantitative estimate of drug-likeness (QED) is 0.185. The minimum atomic E-state index is 0.810. The molecule has 0 radical (unpaired) electrons. The molecular formula is C41H36N4O. The molecule has 1 aliphatic heterocycles. The summed E-state index contributed by atoms with van der Waals surface area (Å²) in [7, 11) is 0. The van der Waals surface area contributed by atoms with Crippen LogP contribution < -0.4 is 0 Å². The molecule has 226 valence electrons. The minimum Gasteiger partial charge on any atom is -0.456 e. The average molecular weight is 601 g/mol. The molecule has 5 heteroatoms. The Hall–Kier alpha value is -5.55. The van der Waals surface area contributed by atoms with E-state index in [0.29, 0.717) is 0 Å². The van der Waals surface area contributed by atoms with Gasteiger partial charge in [-0.1, -0.05) is 35.4 Å². The first-order valence-corrected chi connectivity index (χ1v) is 15.8. The van der Waals surface area contributed by atoms with Crippen molar-refractivity contribution in [2.75, 3.05) is 0 Å². The van der Waals surface area contributed by atoms with E-state index in [0.717, 1.165) is 66.8 Å². The molecule has 10 bridgehead atoms. The van der Waals surface area contributed by atoms with Crippen LogP contribution in [-0.4, -0.2) is 19.9 Å². The van der Waals surface area contributed by atoms with Crippen LogP contribution in [-0.2, 0) is 0 Å². The Balaban J connectivity index is 1.58. The van der Waals surface area contributed by atoms with Gasteiger partial charge >= 0.3 is 0 Å². The van der Waals surface area contributed by atoms with Crippen molar-refractivity contribution in [1.82, 2.24) is 19.9 Å². The van der Waals surface area contributed by atoms with Gasteiger partial charge in [0, 0.05) is 16.6 Å². The van der Waals surface area contributed by atoms with Gasteiger partial charge in [0.15, 0.2) is 0 Å². The minimum absolute atomic E-state index is 0.810. The normalized spacial score (nSPS) is 12.0. The van der Waals surface area contributed by atoms with Crippen molar-refractivity contribution in [2.24, 2.45) is 0 Å². The Bertz CT molecular complexity index is 2500. The Morgan fingerprint density at radius 2 is 0.935 bits per heavy atom. The smallest absolute Gasteiger partial charge is 0.137 e. The number of nitrogens with zero attached hydrogens (tertiary/aromatic N) is 1. The summed E-state index contributed by atoms with van der Waals surface area (Å²) in [6.07, 6.45) is 4.12. The van der Waals surface area contributed by atoms with Crippen LogP contribution in [0.3, 0.4) is 0 Å². The van der Waals surface area contributed by atoms with Crippen LogP contribution in [0.25, 0.3) is 78.7 Å². The van der Waals surface area contributed by atoms with Gasteiger partial charge in [0.2, 0.25) is 0 Å². The van der Waals surface area contributed by atoms with Crippen LogP contribution in [0.1, 0.15) is 44.8 Å². The molecule has 0 unspecified atom stereocenters. The van der Waals surface area contributed by atoms with Crippen molar-refractivity contribution >= 4 is 56.4 Å². The molecule has 5 nitrogen and oxygen atoms in total. The van der Waals surface area contributed by atoms with Crippen LogP contribution in [0.15, 0.2) is 83.3 Å². The van der Waals surface area contributed by atoms with E-state index in [2.05, 4.69) is 148 Å². The zero-order valence-electron chi connectivity index (χ0n) is 27.0. The van der Waals surface area contributed by atoms with Crippen LogP contribution in [0.5, 0.6) is 0 Å². The molecule has 0 fully saturated rings. The lowest BCUT2D eigenvalue weighted by Gasteiger charge is -2.13. The second kappa shape index (κ2) is 10.5. The Morgan fingerprint density at radius 1 is 0.457 bits per heavy atom. The first-order valence-electron chi connectivity index (χ1n) is 15.8. The van der Waals surface area contributed by atoms with Crippen LogP contribution in [0.2, 0.25) is 0 Å². The fourth-order valence-corrected chi connectivity index (χ4v) is 7.35. The van der Waals surface area contributed by atoms with Crippen molar-refractivity contribution in [3.05, 3.63) is 124 Å². The molecule has 7 aromatic rings. The highest BCUT2D eigenvalue weighted by molar-refractivity contribution is 5.99. The summed E-state index contributed by atoms with van der Waals surface area (Å²) in [5.74, 6) is 0. The van der Waals surface area contributed by atoms with E-state index in [1.165, 1.54) is 44.5 Å². The molecule has 0 saturated heterocycles. The highest BCUT2D eigenvalue weighted by Gasteiger charge is 2.18. The Morgan fingerprint density at radius 3 is 1.52 bits per heavy atom. The maximum absolute atomic E-state index is 6.99. The summed E-state index contributed by atoms with van der Waals surface area (Å²) >= 11 is 0. The first kappa shape index (κ1) is 28.0. The number of aromatic nitrogens is 4. The molecule has 5 aromatic heterocycles. The Kier molecular flexibility index (Phi) is 6.40. The topological polar surface area (TPSA) is 73.4 Å². The summed E-state index contributed by atoms with van der Waals surface area (Å²) < 4.78 is 6.99. The zero-order chi connectivity index (χ0) is 31.7. The second-order valence-corrected chi connectivity index (χ2v) is 12.8. The molecule has 8 rings (SSSR count). The highest BCUT2D eigenvalue weighted by Crippen LogP contribution is 2.39. The standard InChI is InChI=1S/C41H36N4O/c1-22-17-24(3)38(25(4)18-22)40-34-13-11-32(44-34)30-9-7-28(42-30)21-29-8-10-31(43-29)33-12-14-35(45-33)41(37-16-15-36(40)46-37)39-26(5)19-23(2)20-27(39)6/h7-21,42,44-45H,1-6H3. The predicted octanol–water partition coefficient (Wildman–Crippen LogP) is 11.2. The molecule has 2 aromatic carbocycles. The number of H-pyrrole nitrogens is 3.